The van der Waals surface area contributed by atoms with Crippen molar-refractivity contribution in [2.24, 2.45) is 0 Å². The average molecular weight is 335 g/mol. The second kappa shape index (κ2) is 7.01. The van der Waals surface area contributed by atoms with Crippen LogP contribution >= 0.6 is 0 Å². The van der Waals surface area contributed by atoms with Crippen molar-refractivity contribution in [3.05, 3.63) is 70.8 Å². The largest absolute Gasteiger partial charge is 0.344 e. The molecule has 1 aliphatic heterocycles. The van der Waals surface area contributed by atoms with Gasteiger partial charge >= 0.3 is 0 Å². The fourth-order valence-corrected chi connectivity index (χ4v) is 4.36. The van der Waals surface area contributed by atoms with Gasteiger partial charge in [0.25, 0.3) is 5.91 Å². The normalized spacial score (nSPS) is 23.2. The highest BCUT2D eigenvalue weighted by atomic mass is 16.2. The Kier molecular flexibility index (Phi) is 4.58. The maximum absolute atomic E-state index is 12.9. The van der Waals surface area contributed by atoms with Crippen molar-refractivity contribution >= 4 is 5.91 Å². The number of nitrogens with one attached hydrogen (secondary N) is 2. The van der Waals surface area contributed by atoms with E-state index in [2.05, 4.69) is 60.8 Å². The Balaban J connectivity index is 1.44. The monoisotopic (exact) mass is 335 g/mol. The minimum Gasteiger partial charge on any atom is -0.344 e. The van der Waals surface area contributed by atoms with Gasteiger partial charge in [0, 0.05) is 12.0 Å². The first kappa shape index (κ1) is 16.3. The van der Waals surface area contributed by atoms with Crippen molar-refractivity contribution in [2.45, 2.75) is 51.2 Å². The molecule has 0 aromatic heterocycles. The van der Waals surface area contributed by atoms with E-state index in [1.807, 2.05) is 0 Å². The Morgan fingerprint density at radius 2 is 1.76 bits per heavy atom. The number of fused-ring (bicyclic) bond motifs is 2. The van der Waals surface area contributed by atoms with Crippen molar-refractivity contribution in [1.29, 1.82) is 0 Å². The summed E-state index contributed by atoms with van der Waals surface area (Å²) in [5.74, 6) is 0.191. The number of hydrogen-bond acceptors (Lipinski definition) is 1. The molecular weight excluding hydrogens is 308 g/mol. The molecule has 1 heterocycles. The van der Waals surface area contributed by atoms with E-state index in [0.717, 1.165) is 38.8 Å². The third-order valence-corrected chi connectivity index (χ3v) is 5.94. The van der Waals surface area contributed by atoms with E-state index in [-0.39, 0.29) is 18.0 Å². The van der Waals surface area contributed by atoms with E-state index in [9.17, 15) is 4.79 Å². The summed E-state index contributed by atoms with van der Waals surface area (Å²) in [5, 5.41) is 3.34. The van der Waals surface area contributed by atoms with Crippen molar-refractivity contribution < 1.29 is 9.69 Å². The first-order valence-electron chi connectivity index (χ1n) is 9.52. The molecule has 4 rings (SSSR count). The summed E-state index contributed by atoms with van der Waals surface area (Å²) in [6, 6.07) is 17.4. The molecule has 2 aliphatic rings. The molecule has 3 nitrogen and oxygen atoms in total. The Bertz CT molecular complexity index is 770. The molecule has 2 aromatic rings. The van der Waals surface area contributed by atoms with Gasteiger partial charge in [0.05, 0.1) is 12.6 Å². The maximum atomic E-state index is 12.9. The Labute approximate surface area is 150 Å². The number of quaternary nitrogens is 1. The van der Waals surface area contributed by atoms with Gasteiger partial charge in [-0.3, -0.25) is 4.79 Å². The number of carbonyl (C=O) groups excluding carboxylic acids is 1. The molecule has 0 spiro atoms. The Morgan fingerprint density at radius 3 is 2.60 bits per heavy atom. The molecule has 1 aliphatic carbocycles. The second-order valence-corrected chi connectivity index (χ2v) is 7.48. The summed E-state index contributed by atoms with van der Waals surface area (Å²) < 4.78 is 0. The number of carbonyl (C=O) groups is 1. The molecule has 1 unspecified atom stereocenters. The zero-order valence-corrected chi connectivity index (χ0v) is 14.9. The fraction of sp³-hybridized carbons (Fsp3) is 0.409. The Morgan fingerprint density at radius 1 is 1.04 bits per heavy atom. The van der Waals surface area contributed by atoms with E-state index >= 15 is 0 Å². The SMILES string of the molecule is C[C@H](C(=O)N[C@@H]1CCCc2ccccc21)[NH+]1CCc2ccccc2C1. The van der Waals surface area contributed by atoms with Crippen LogP contribution in [0.15, 0.2) is 48.5 Å². The van der Waals surface area contributed by atoms with Gasteiger partial charge in [-0.05, 0) is 42.9 Å². The Hall–Kier alpha value is -2.13. The summed E-state index contributed by atoms with van der Waals surface area (Å²) in [5.41, 5.74) is 5.55. The van der Waals surface area contributed by atoms with Gasteiger partial charge in [-0.1, -0.05) is 48.5 Å². The quantitative estimate of drug-likeness (QED) is 0.886. The molecule has 130 valence electrons. The fourth-order valence-electron chi connectivity index (χ4n) is 4.36. The molecule has 2 aromatic carbocycles. The average Bonchev–Trinajstić information content (AvgIpc) is 2.67. The third-order valence-electron chi connectivity index (χ3n) is 5.94. The maximum Gasteiger partial charge on any atom is 0.278 e. The molecular formula is C22H27N2O+. The van der Waals surface area contributed by atoms with E-state index in [1.165, 1.54) is 27.2 Å². The van der Waals surface area contributed by atoms with Crippen molar-refractivity contribution in [1.82, 2.24) is 5.32 Å². The highest BCUT2D eigenvalue weighted by Gasteiger charge is 2.31. The van der Waals surface area contributed by atoms with Crippen LogP contribution in [-0.2, 0) is 24.2 Å². The zero-order valence-electron chi connectivity index (χ0n) is 14.9. The molecule has 2 N–H and O–H groups in total. The van der Waals surface area contributed by atoms with Crippen LogP contribution in [0.4, 0.5) is 0 Å². The molecule has 3 heteroatoms. The topological polar surface area (TPSA) is 33.5 Å². The minimum absolute atomic E-state index is 0.0116. The lowest BCUT2D eigenvalue weighted by atomic mass is 9.87. The number of rotatable bonds is 3. The van der Waals surface area contributed by atoms with Gasteiger partial charge in [0.15, 0.2) is 6.04 Å². The lowest BCUT2D eigenvalue weighted by molar-refractivity contribution is -0.929. The van der Waals surface area contributed by atoms with Gasteiger partial charge in [0.1, 0.15) is 6.54 Å². The number of aryl methyl sites for hydroxylation is 1. The van der Waals surface area contributed by atoms with Gasteiger partial charge in [-0.15, -0.1) is 0 Å². The molecule has 0 radical (unpaired) electrons. The standard InChI is InChI=1S/C22H26N2O/c1-16(24-14-13-17-7-2-3-9-19(17)15-24)22(25)23-21-12-6-10-18-8-4-5-11-20(18)21/h2-5,7-9,11,16,21H,6,10,12-15H2,1H3,(H,23,25)/p+1/t16-,21-/m1/s1. The molecule has 0 saturated heterocycles. The van der Waals surface area contributed by atoms with Gasteiger partial charge < -0.3 is 10.2 Å². The molecule has 25 heavy (non-hydrogen) atoms. The van der Waals surface area contributed by atoms with Crippen LogP contribution in [0.5, 0.6) is 0 Å². The second-order valence-electron chi connectivity index (χ2n) is 7.48. The van der Waals surface area contributed by atoms with E-state index in [0.29, 0.717) is 0 Å². The first-order valence-corrected chi connectivity index (χ1v) is 9.52. The summed E-state index contributed by atoms with van der Waals surface area (Å²) >= 11 is 0. The zero-order chi connectivity index (χ0) is 17.2. The first-order chi connectivity index (χ1) is 12.2. The lowest BCUT2D eigenvalue weighted by Crippen LogP contribution is -3.16. The molecule has 0 fully saturated rings. The van der Waals surface area contributed by atoms with Crippen LogP contribution in [0, 0.1) is 0 Å². The summed E-state index contributed by atoms with van der Waals surface area (Å²) in [7, 11) is 0. The van der Waals surface area contributed by atoms with E-state index < -0.39 is 0 Å². The predicted molar refractivity (Wildman–Crippen MR) is 99.4 cm³/mol. The van der Waals surface area contributed by atoms with Crippen LogP contribution in [-0.4, -0.2) is 18.5 Å². The summed E-state index contributed by atoms with van der Waals surface area (Å²) in [6.45, 7) is 4.06. The summed E-state index contributed by atoms with van der Waals surface area (Å²) in [6.07, 6.45) is 4.40. The predicted octanol–water partition coefficient (Wildman–Crippen LogP) is 2.21. The smallest absolute Gasteiger partial charge is 0.278 e. The van der Waals surface area contributed by atoms with Gasteiger partial charge in [0.2, 0.25) is 0 Å². The van der Waals surface area contributed by atoms with Crippen LogP contribution in [0.3, 0.4) is 0 Å². The van der Waals surface area contributed by atoms with E-state index in [1.54, 1.807) is 0 Å². The van der Waals surface area contributed by atoms with Crippen LogP contribution in [0.2, 0.25) is 0 Å². The van der Waals surface area contributed by atoms with Crippen molar-refractivity contribution in [2.75, 3.05) is 6.54 Å². The lowest BCUT2D eigenvalue weighted by Gasteiger charge is -2.32. The highest BCUT2D eigenvalue weighted by molar-refractivity contribution is 5.80. The van der Waals surface area contributed by atoms with Crippen molar-refractivity contribution in [3.63, 3.8) is 0 Å². The number of amides is 1. The minimum atomic E-state index is -0.0116. The van der Waals surface area contributed by atoms with Gasteiger partial charge in [-0.25, -0.2) is 0 Å². The number of benzene rings is 2. The van der Waals surface area contributed by atoms with E-state index in [4.69, 9.17) is 0 Å². The van der Waals surface area contributed by atoms with Crippen LogP contribution in [0.1, 0.15) is 48.1 Å². The molecule has 1 amide bonds. The van der Waals surface area contributed by atoms with Crippen molar-refractivity contribution in [3.8, 4) is 0 Å². The molecule has 3 atom stereocenters. The molecule has 0 bridgehead atoms. The van der Waals surface area contributed by atoms with Crippen LogP contribution < -0.4 is 10.2 Å². The third kappa shape index (κ3) is 3.34. The van der Waals surface area contributed by atoms with Crippen LogP contribution in [0.25, 0.3) is 0 Å². The highest BCUT2D eigenvalue weighted by Crippen LogP contribution is 2.29. The summed E-state index contributed by atoms with van der Waals surface area (Å²) in [4.78, 5) is 14.3. The van der Waals surface area contributed by atoms with Gasteiger partial charge in [-0.2, -0.15) is 0 Å². The molecule has 0 saturated carbocycles. The number of hydrogen-bond donors (Lipinski definition) is 2.